The summed E-state index contributed by atoms with van der Waals surface area (Å²) >= 11 is 0. The van der Waals surface area contributed by atoms with Crippen molar-refractivity contribution in [3.05, 3.63) is 6.54 Å². The van der Waals surface area contributed by atoms with Crippen LogP contribution in [0.2, 0.25) is 0 Å². The van der Waals surface area contributed by atoms with Gasteiger partial charge in [0.25, 0.3) is 0 Å². The minimum absolute atomic E-state index is 0. The Hall–Kier alpha value is 1.02. The molecule has 2 nitrogen and oxygen atoms in total. The summed E-state index contributed by atoms with van der Waals surface area (Å²) in [6.07, 6.45) is 0.540. The van der Waals surface area contributed by atoms with E-state index < -0.39 is 5.67 Å². The van der Waals surface area contributed by atoms with Crippen molar-refractivity contribution in [2.45, 2.75) is 45.9 Å². The molecule has 0 saturated carbocycles. The molecule has 0 bridgehead atoms. The smallest absolute Gasteiger partial charge is 0.121 e. The molecule has 16 heavy (non-hydrogen) atoms. The summed E-state index contributed by atoms with van der Waals surface area (Å²) in [6.45, 7) is 10.8. The standard InChI is InChI=1S/C9H17FNO.C2H6.2V/c1-4-11-6-8(12-3)5-9(2,10)7-11;1-2;;/h4,8H,5-7H2,1-3H3;1-2H3;;/q-1;;;. The van der Waals surface area contributed by atoms with Crippen molar-refractivity contribution in [3.63, 3.8) is 0 Å². The van der Waals surface area contributed by atoms with Gasteiger partial charge in [-0.1, -0.05) is 13.8 Å². The zero-order valence-electron chi connectivity index (χ0n) is 10.9. The molecule has 5 heteroatoms. The molecule has 2 atom stereocenters. The van der Waals surface area contributed by atoms with Gasteiger partial charge in [-0.05, 0) is 13.5 Å². The van der Waals surface area contributed by atoms with Crippen molar-refractivity contribution in [2.75, 3.05) is 20.2 Å². The third-order valence-electron chi connectivity index (χ3n) is 2.32. The van der Waals surface area contributed by atoms with Crippen molar-refractivity contribution in [3.8, 4) is 0 Å². The molecule has 1 heterocycles. The number of hydrogen-bond acceptors (Lipinski definition) is 2. The Bertz CT molecular complexity index is 145. The van der Waals surface area contributed by atoms with Crippen molar-refractivity contribution >= 4 is 0 Å². The normalized spacial score (nSPS) is 29.2. The largest absolute Gasteiger partial charge is 0.452 e. The molecule has 1 aliphatic rings. The topological polar surface area (TPSA) is 12.5 Å². The second-order valence-corrected chi connectivity index (χ2v) is 3.66. The van der Waals surface area contributed by atoms with Crippen LogP contribution < -0.4 is 0 Å². The molecular weight excluding hydrogens is 283 g/mol. The number of alkyl halides is 1. The minimum Gasteiger partial charge on any atom is -0.452 e. The third-order valence-corrected chi connectivity index (χ3v) is 2.32. The van der Waals surface area contributed by atoms with Gasteiger partial charge in [0.05, 0.1) is 6.10 Å². The number of piperidine rings is 1. The zero-order chi connectivity index (χ0) is 11.2. The SMILES string of the molecule is CC.C[CH-]N1CC(OC)CC(C)(F)C1.[V].[V]. The van der Waals surface area contributed by atoms with Crippen molar-refractivity contribution in [1.29, 1.82) is 0 Å². The number of rotatable bonds is 2. The summed E-state index contributed by atoms with van der Waals surface area (Å²) < 4.78 is 18.8. The van der Waals surface area contributed by atoms with Gasteiger partial charge in [-0.15, -0.1) is 0 Å². The van der Waals surface area contributed by atoms with Crippen molar-refractivity contribution < 1.29 is 46.2 Å². The Morgan fingerprint density at radius 3 is 2.25 bits per heavy atom. The molecule has 1 saturated heterocycles. The summed E-state index contributed by atoms with van der Waals surface area (Å²) in [6, 6.07) is 0. The quantitative estimate of drug-likeness (QED) is 0.727. The van der Waals surface area contributed by atoms with E-state index >= 15 is 0 Å². The van der Waals surface area contributed by atoms with Crippen LogP contribution in [-0.4, -0.2) is 36.9 Å². The van der Waals surface area contributed by atoms with E-state index in [1.165, 1.54) is 0 Å². The second-order valence-electron chi connectivity index (χ2n) is 3.66. The molecule has 0 aromatic rings. The Labute approximate surface area is 123 Å². The van der Waals surface area contributed by atoms with E-state index in [1.807, 2.05) is 32.2 Å². The Morgan fingerprint density at radius 1 is 1.38 bits per heavy atom. The van der Waals surface area contributed by atoms with E-state index in [9.17, 15) is 4.39 Å². The number of ether oxygens (including phenoxy) is 1. The summed E-state index contributed by atoms with van der Waals surface area (Å²) in [5.41, 5.74) is -1.11. The molecule has 0 aromatic carbocycles. The number of likely N-dealkylation sites (tertiary alicyclic amines) is 1. The van der Waals surface area contributed by atoms with Crippen molar-refractivity contribution in [1.82, 2.24) is 4.90 Å². The van der Waals surface area contributed by atoms with Gasteiger partial charge in [0.1, 0.15) is 5.67 Å². The predicted octanol–water partition coefficient (Wildman–Crippen LogP) is 2.64. The summed E-state index contributed by atoms with van der Waals surface area (Å²) in [4.78, 5) is 1.97. The number of hydrogen-bond donors (Lipinski definition) is 0. The number of methoxy groups -OCH3 is 1. The van der Waals surface area contributed by atoms with Gasteiger partial charge in [0.2, 0.25) is 0 Å². The molecule has 2 unspecified atom stereocenters. The fraction of sp³-hybridized carbons (Fsp3) is 0.909. The van der Waals surface area contributed by atoms with Gasteiger partial charge in [-0.25, -0.2) is 4.39 Å². The van der Waals surface area contributed by atoms with Gasteiger partial charge in [0, 0.05) is 57.2 Å². The molecule has 0 amide bonds. The first-order valence-electron chi connectivity index (χ1n) is 5.32. The van der Waals surface area contributed by atoms with E-state index in [2.05, 4.69) is 0 Å². The van der Waals surface area contributed by atoms with Crippen LogP contribution in [0.1, 0.15) is 34.1 Å². The average molecular weight is 306 g/mol. The molecule has 1 aliphatic heterocycles. The monoisotopic (exact) mass is 306 g/mol. The molecular formula is C11H23FNOV2-. The van der Waals surface area contributed by atoms with E-state index in [-0.39, 0.29) is 43.2 Å². The Morgan fingerprint density at radius 2 is 1.88 bits per heavy atom. The summed E-state index contributed by atoms with van der Waals surface area (Å²) in [5, 5.41) is 0. The molecule has 0 N–H and O–H groups in total. The average Bonchev–Trinajstić information content (AvgIpc) is 2.18. The van der Waals surface area contributed by atoms with Crippen LogP contribution in [0.4, 0.5) is 4.39 Å². The van der Waals surface area contributed by atoms with Gasteiger partial charge < -0.3 is 9.64 Å². The van der Waals surface area contributed by atoms with E-state index in [0.717, 1.165) is 6.54 Å². The molecule has 0 spiro atoms. The van der Waals surface area contributed by atoms with Crippen LogP contribution in [0.25, 0.3) is 0 Å². The molecule has 96 valence electrons. The number of nitrogens with zero attached hydrogens (tertiary/aromatic N) is 1. The first-order chi connectivity index (χ1) is 6.57. The third kappa shape index (κ3) is 8.16. The van der Waals surface area contributed by atoms with Gasteiger partial charge in [-0.2, -0.15) is 6.92 Å². The van der Waals surface area contributed by atoms with Crippen LogP contribution in [0.3, 0.4) is 0 Å². The van der Waals surface area contributed by atoms with Crippen LogP contribution in [0, 0.1) is 6.54 Å². The van der Waals surface area contributed by atoms with Crippen LogP contribution in [0.15, 0.2) is 0 Å². The molecule has 0 aromatic heterocycles. The fourth-order valence-corrected chi connectivity index (χ4v) is 1.71. The van der Waals surface area contributed by atoms with Crippen LogP contribution >= 0.6 is 0 Å². The number of halogens is 1. The maximum absolute atomic E-state index is 13.6. The first kappa shape index (κ1) is 22.2. The van der Waals surface area contributed by atoms with Crippen LogP contribution in [0.5, 0.6) is 0 Å². The summed E-state index contributed by atoms with van der Waals surface area (Å²) in [5.74, 6) is 0. The Kier molecular flexibility index (Phi) is 15.5. The molecule has 2 radical (unpaired) electrons. The first-order valence-corrected chi connectivity index (χ1v) is 5.32. The summed E-state index contributed by atoms with van der Waals surface area (Å²) in [7, 11) is 1.64. The fourth-order valence-electron chi connectivity index (χ4n) is 1.71. The molecule has 1 fully saturated rings. The second kappa shape index (κ2) is 11.1. The van der Waals surface area contributed by atoms with E-state index in [1.54, 1.807) is 14.0 Å². The van der Waals surface area contributed by atoms with Crippen LogP contribution in [-0.2, 0) is 41.8 Å². The molecule has 1 rings (SSSR count). The predicted molar refractivity (Wildman–Crippen MR) is 57.8 cm³/mol. The maximum Gasteiger partial charge on any atom is 0.121 e. The molecule has 0 aliphatic carbocycles. The van der Waals surface area contributed by atoms with Crippen molar-refractivity contribution in [2.24, 2.45) is 0 Å². The van der Waals surface area contributed by atoms with Gasteiger partial charge in [-0.3, -0.25) is 6.54 Å². The van der Waals surface area contributed by atoms with E-state index in [4.69, 9.17) is 4.74 Å². The minimum atomic E-state index is -1.11. The van der Waals surface area contributed by atoms with Gasteiger partial charge in [0.15, 0.2) is 0 Å². The maximum atomic E-state index is 13.6. The zero-order valence-corrected chi connectivity index (χ0v) is 13.7. The van der Waals surface area contributed by atoms with E-state index in [0.29, 0.717) is 13.0 Å². The van der Waals surface area contributed by atoms with Gasteiger partial charge >= 0.3 is 0 Å². The Balaban J connectivity index is -0.000000399.